The average molecular weight is 269 g/mol. The molecule has 0 aliphatic carbocycles. The highest BCUT2D eigenvalue weighted by Gasteiger charge is 2.15. The van der Waals surface area contributed by atoms with Crippen LogP contribution in [-0.4, -0.2) is 49.2 Å². The van der Waals surface area contributed by atoms with Crippen LogP contribution in [0.2, 0.25) is 5.15 Å². The topological polar surface area (TPSA) is 31.4 Å². The monoisotopic (exact) mass is 268 g/mol. The van der Waals surface area contributed by atoms with Crippen molar-refractivity contribution in [3.8, 4) is 0 Å². The molecule has 1 fully saturated rings. The molecule has 4 nitrogen and oxygen atoms in total. The number of hydrogen-bond donors (Lipinski definition) is 1. The number of piperazine rings is 1. The zero-order valence-corrected chi connectivity index (χ0v) is 12.0. The standard InChI is InChI=1S/C13H21ClN4/c1-10(2)15-13-9-11(8-12(14)16-13)18-6-4-17(3)5-7-18/h8-10H,4-7H2,1-3H3,(H,15,16). The highest BCUT2D eigenvalue weighted by Crippen LogP contribution is 2.23. The Balaban J connectivity index is 2.14. The predicted octanol–water partition coefficient (Wildman–Crippen LogP) is 2.31. The van der Waals surface area contributed by atoms with Gasteiger partial charge in [-0.05, 0) is 27.0 Å². The first kappa shape index (κ1) is 13.4. The van der Waals surface area contributed by atoms with Gasteiger partial charge in [0.2, 0.25) is 0 Å². The van der Waals surface area contributed by atoms with E-state index in [1.165, 1.54) is 0 Å². The first-order chi connectivity index (χ1) is 8.54. The Morgan fingerprint density at radius 1 is 1.22 bits per heavy atom. The van der Waals surface area contributed by atoms with Crippen LogP contribution in [0.25, 0.3) is 0 Å². The fourth-order valence-electron chi connectivity index (χ4n) is 2.10. The molecule has 0 amide bonds. The number of anilines is 2. The molecule has 0 bridgehead atoms. The van der Waals surface area contributed by atoms with Crippen molar-refractivity contribution in [3.05, 3.63) is 17.3 Å². The molecular weight excluding hydrogens is 248 g/mol. The van der Waals surface area contributed by atoms with Gasteiger partial charge in [-0.2, -0.15) is 0 Å². The van der Waals surface area contributed by atoms with E-state index in [-0.39, 0.29) is 0 Å². The van der Waals surface area contributed by atoms with Gasteiger partial charge in [0.1, 0.15) is 11.0 Å². The second-order valence-corrected chi connectivity index (χ2v) is 5.51. The van der Waals surface area contributed by atoms with Crippen molar-refractivity contribution in [1.29, 1.82) is 0 Å². The number of rotatable bonds is 3. The Bertz CT molecular complexity index is 400. The Labute approximate surface area is 114 Å². The van der Waals surface area contributed by atoms with Gasteiger partial charge in [0.15, 0.2) is 0 Å². The van der Waals surface area contributed by atoms with E-state index in [9.17, 15) is 0 Å². The maximum atomic E-state index is 6.09. The number of nitrogens with one attached hydrogen (secondary N) is 1. The lowest BCUT2D eigenvalue weighted by atomic mass is 10.2. The summed E-state index contributed by atoms with van der Waals surface area (Å²) in [7, 11) is 2.16. The van der Waals surface area contributed by atoms with E-state index in [2.05, 4.69) is 47.1 Å². The lowest BCUT2D eigenvalue weighted by molar-refractivity contribution is 0.313. The molecule has 0 unspecified atom stereocenters. The number of pyridine rings is 1. The fraction of sp³-hybridized carbons (Fsp3) is 0.615. The molecule has 0 spiro atoms. The zero-order chi connectivity index (χ0) is 13.1. The molecule has 0 radical (unpaired) electrons. The summed E-state index contributed by atoms with van der Waals surface area (Å²) in [4.78, 5) is 9.00. The Kier molecular flexibility index (Phi) is 4.30. The second kappa shape index (κ2) is 5.76. The Morgan fingerprint density at radius 3 is 2.50 bits per heavy atom. The molecule has 1 saturated heterocycles. The van der Waals surface area contributed by atoms with Crippen molar-refractivity contribution in [2.45, 2.75) is 19.9 Å². The van der Waals surface area contributed by atoms with Gasteiger partial charge in [0, 0.05) is 44.0 Å². The van der Waals surface area contributed by atoms with Crippen molar-refractivity contribution >= 4 is 23.1 Å². The summed E-state index contributed by atoms with van der Waals surface area (Å²) < 4.78 is 0. The van der Waals surface area contributed by atoms with Crippen LogP contribution in [0.4, 0.5) is 11.5 Å². The Hall–Kier alpha value is -1.00. The predicted molar refractivity (Wildman–Crippen MR) is 77.7 cm³/mol. The largest absolute Gasteiger partial charge is 0.369 e. The lowest BCUT2D eigenvalue weighted by Gasteiger charge is -2.34. The summed E-state index contributed by atoms with van der Waals surface area (Å²) in [5.74, 6) is 0.853. The molecule has 1 aliphatic rings. The average Bonchev–Trinajstić information content (AvgIpc) is 2.28. The van der Waals surface area contributed by atoms with Gasteiger partial charge in [0.05, 0.1) is 0 Å². The first-order valence-electron chi connectivity index (χ1n) is 6.42. The maximum absolute atomic E-state index is 6.09. The van der Waals surface area contributed by atoms with Crippen LogP contribution in [0.1, 0.15) is 13.8 Å². The SMILES string of the molecule is CC(C)Nc1cc(N2CCN(C)CC2)cc(Cl)n1. The molecule has 100 valence electrons. The van der Waals surface area contributed by atoms with E-state index in [0.717, 1.165) is 37.7 Å². The molecule has 2 rings (SSSR count). The fourth-order valence-corrected chi connectivity index (χ4v) is 2.30. The summed E-state index contributed by atoms with van der Waals surface area (Å²) in [6.07, 6.45) is 0. The minimum absolute atomic E-state index is 0.358. The van der Waals surface area contributed by atoms with Gasteiger partial charge >= 0.3 is 0 Å². The molecule has 0 atom stereocenters. The van der Waals surface area contributed by atoms with Crippen molar-refractivity contribution < 1.29 is 0 Å². The molecule has 1 aromatic heterocycles. The molecule has 0 aromatic carbocycles. The van der Waals surface area contributed by atoms with Gasteiger partial charge in [-0.15, -0.1) is 0 Å². The highest BCUT2D eigenvalue weighted by molar-refractivity contribution is 6.29. The summed E-state index contributed by atoms with van der Waals surface area (Å²) >= 11 is 6.09. The number of nitrogens with zero attached hydrogens (tertiary/aromatic N) is 3. The van der Waals surface area contributed by atoms with Crippen LogP contribution in [-0.2, 0) is 0 Å². The van der Waals surface area contributed by atoms with Crippen LogP contribution < -0.4 is 10.2 Å². The lowest BCUT2D eigenvalue weighted by Crippen LogP contribution is -2.44. The van der Waals surface area contributed by atoms with Crippen LogP contribution in [0, 0.1) is 0 Å². The molecule has 1 N–H and O–H groups in total. The van der Waals surface area contributed by atoms with Crippen molar-refractivity contribution in [1.82, 2.24) is 9.88 Å². The third-order valence-corrected chi connectivity index (χ3v) is 3.28. The van der Waals surface area contributed by atoms with Gasteiger partial charge in [0.25, 0.3) is 0 Å². The van der Waals surface area contributed by atoms with E-state index in [1.807, 2.05) is 6.07 Å². The van der Waals surface area contributed by atoms with E-state index < -0.39 is 0 Å². The number of halogens is 1. The van der Waals surface area contributed by atoms with Crippen molar-refractivity contribution in [2.75, 3.05) is 43.4 Å². The van der Waals surface area contributed by atoms with E-state index >= 15 is 0 Å². The third kappa shape index (κ3) is 3.50. The molecule has 0 saturated carbocycles. The van der Waals surface area contributed by atoms with Gasteiger partial charge in [-0.3, -0.25) is 0 Å². The minimum Gasteiger partial charge on any atom is -0.369 e. The molecule has 2 heterocycles. The molecular formula is C13H21ClN4. The smallest absolute Gasteiger partial charge is 0.133 e. The summed E-state index contributed by atoms with van der Waals surface area (Å²) in [5, 5.41) is 3.85. The third-order valence-electron chi connectivity index (χ3n) is 3.08. The Morgan fingerprint density at radius 2 is 1.89 bits per heavy atom. The number of aromatic nitrogens is 1. The quantitative estimate of drug-likeness (QED) is 0.853. The zero-order valence-electron chi connectivity index (χ0n) is 11.3. The first-order valence-corrected chi connectivity index (χ1v) is 6.80. The normalized spacial score (nSPS) is 17.3. The maximum Gasteiger partial charge on any atom is 0.133 e. The summed E-state index contributed by atoms with van der Waals surface area (Å²) in [6.45, 7) is 8.45. The van der Waals surface area contributed by atoms with Crippen molar-refractivity contribution in [3.63, 3.8) is 0 Å². The van der Waals surface area contributed by atoms with E-state index in [0.29, 0.717) is 11.2 Å². The van der Waals surface area contributed by atoms with Crippen LogP contribution in [0.5, 0.6) is 0 Å². The molecule has 1 aromatic rings. The molecule has 5 heteroatoms. The van der Waals surface area contributed by atoms with Gasteiger partial charge in [-0.25, -0.2) is 4.98 Å². The summed E-state index contributed by atoms with van der Waals surface area (Å²) in [6, 6.07) is 4.38. The van der Waals surface area contributed by atoms with Gasteiger partial charge < -0.3 is 15.1 Å². The van der Waals surface area contributed by atoms with Gasteiger partial charge in [-0.1, -0.05) is 11.6 Å². The molecule has 1 aliphatic heterocycles. The second-order valence-electron chi connectivity index (χ2n) is 5.12. The number of likely N-dealkylation sites (N-methyl/N-ethyl adjacent to an activating group) is 1. The minimum atomic E-state index is 0.358. The van der Waals surface area contributed by atoms with E-state index in [1.54, 1.807) is 0 Å². The number of hydrogen-bond acceptors (Lipinski definition) is 4. The summed E-state index contributed by atoms with van der Waals surface area (Å²) in [5.41, 5.74) is 1.16. The van der Waals surface area contributed by atoms with E-state index in [4.69, 9.17) is 11.6 Å². The van der Waals surface area contributed by atoms with Crippen LogP contribution in [0.3, 0.4) is 0 Å². The highest BCUT2D eigenvalue weighted by atomic mass is 35.5. The van der Waals surface area contributed by atoms with Crippen LogP contribution >= 0.6 is 11.6 Å². The van der Waals surface area contributed by atoms with Crippen LogP contribution in [0.15, 0.2) is 12.1 Å². The molecule has 18 heavy (non-hydrogen) atoms. The van der Waals surface area contributed by atoms with Crippen molar-refractivity contribution in [2.24, 2.45) is 0 Å².